The summed E-state index contributed by atoms with van der Waals surface area (Å²) >= 11 is 0. The monoisotopic (exact) mass is 293 g/mol. The lowest BCUT2D eigenvalue weighted by Crippen LogP contribution is -2.32. The molecule has 0 amide bonds. The van der Waals surface area contributed by atoms with Gasteiger partial charge in [-0.1, -0.05) is 18.2 Å². The molecule has 0 radical (unpaired) electrons. The van der Waals surface area contributed by atoms with Crippen LogP contribution >= 0.6 is 0 Å². The van der Waals surface area contributed by atoms with Gasteiger partial charge in [0.05, 0.1) is 12.2 Å². The van der Waals surface area contributed by atoms with E-state index in [2.05, 4.69) is 0 Å². The molecule has 0 fully saturated rings. The van der Waals surface area contributed by atoms with Crippen molar-refractivity contribution in [1.82, 2.24) is 0 Å². The molecule has 0 saturated carbocycles. The third-order valence-corrected chi connectivity index (χ3v) is 3.01. The summed E-state index contributed by atoms with van der Waals surface area (Å²) in [5.41, 5.74) is 3.19. The quantitative estimate of drug-likeness (QED) is 0.783. The summed E-state index contributed by atoms with van der Waals surface area (Å²) in [4.78, 5) is 0. The van der Waals surface area contributed by atoms with Crippen LogP contribution in [0.15, 0.2) is 24.3 Å². The highest BCUT2D eigenvalue weighted by Crippen LogP contribution is 2.31. The van der Waals surface area contributed by atoms with Crippen molar-refractivity contribution in [3.63, 3.8) is 0 Å². The Morgan fingerprint density at radius 3 is 2.45 bits per heavy atom. The van der Waals surface area contributed by atoms with Crippen LogP contribution in [0.5, 0.6) is 0 Å². The second-order valence-electron chi connectivity index (χ2n) is 4.85. The van der Waals surface area contributed by atoms with Crippen LogP contribution in [0.4, 0.5) is 17.6 Å². The molecule has 20 heavy (non-hydrogen) atoms. The fourth-order valence-corrected chi connectivity index (χ4v) is 2.11. The lowest BCUT2D eigenvalue weighted by atomic mass is 9.91. The van der Waals surface area contributed by atoms with Crippen LogP contribution in [0.1, 0.15) is 24.0 Å². The summed E-state index contributed by atoms with van der Waals surface area (Å²) in [5, 5.41) is 0. The van der Waals surface area contributed by atoms with E-state index >= 15 is 0 Å². The molecule has 0 aliphatic rings. The van der Waals surface area contributed by atoms with Crippen LogP contribution in [-0.2, 0) is 17.3 Å². The number of alkyl halides is 4. The topological polar surface area (TPSA) is 35.2 Å². The number of methoxy groups -OCH3 is 1. The Balaban J connectivity index is 2.88. The average Bonchev–Trinajstić information content (AvgIpc) is 2.36. The number of benzene rings is 1. The van der Waals surface area contributed by atoms with Gasteiger partial charge >= 0.3 is 6.18 Å². The highest BCUT2D eigenvalue weighted by molar-refractivity contribution is 5.27. The van der Waals surface area contributed by atoms with E-state index in [0.717, 1.165) is 12.1 Å². The first-order valence-electron chi connectivity index (χ1n) is 6.35. The normalized spacial score (nSPS) is 15.1. The highest BCUT2D eigenvalue weighted by Gasteiger charge is 2.33. The third-order valence-electron chi connectivity index (χ3n) is 3.01. The van der Waals surface area contributed by atoms with Gasteiger partial charge in [-0.05, 0) is 31.0 Å². The van der Waals surface area contributed by atoms with E-state index in [-0.39, 0.29) is 19.4 Å². The maximum atomic E-state index is 14.6. The van der Waals surface area contributed by atoms with Crippen molar-refractivity contribution < 1.29 is 22.3 Å². The summed E-state index contributed by atoms with van der Waals surface area (Å²) < 4.78 is 57.3. The molecular formula is C14H19F4NO. The molecule has 0 aliphatic carbocycles. The van der Waals surface area contributed by atoms with Gasteiger partial charge in [0.1, 0.15) is 5.67 Å². The Bertz CT molecular complexity index is 422. The van der Waals surface area contributed by atoms with E-state index < -0.39 is 17.4 Å². The maximum absolute atomic E-state index is 14.6. The van der Waals surface area contributed by atoms with Gasteiger partial charge in [-0.3, -0.25) is 0 Å². The molecule has 1 unspecified atom stereocenters. The van der Waals surface area contributed by atoms with Gasteiger partial charge < -0.3 is 10.5 Å². The first-order chi connectivity index (χ1) is 9.30. The van der Waals surface area contributed by atoms with E-state index in [1.54, 1.807) is 0 Å². The van der Waals surface area contributed by atoms with Crippen LogP contribution in [0.2, 0.25) is 0 Å². The Labute approximate surface area is 115 Å². The molecule has 1 atom stereocenters. The molecule has 0 bridgehead atoms. The van der Waals surface area contributed by atoms with Gasteiger partial charge in [0, 0.05) is 13.5 Å². The Hall–Kier alpha value is -1.14. The van der Waals surface area contributed by atoms with Gasteiger partial charge in [-0.15, -0.1) is 0 Å². The molecule has 2 N–H and O–H groups in total. The number of rotatable bonds is 7. The Morgan fingerprint density at radius 2 is 1.90 bits per heavy atom. The average molecular weight is 293 g/mol. The number of halogens is 4. The van der Waals surface area contributed by atoms with Crippen LogP contribution in [0.3, 0.4) is 0 Å². The van der Waals surface area contributed by atoms with Crippen LogP contribution in [0, 0.1) is 0 Å². The first kappa shape index (κ1) is 16.9. The van der Waals surface area contributed by atoms with E-state index in [9.17, 15) is 17.6 Å². The smallest absolute Gasteiger partial charge is 0.381 e. The van der Waals surface area contributed by atoms with Crippen molar-refractivity contribution in [3.8, 4) is 0 Å². The van der Waals surface area contributed by atoms with E-state index in [0.29, 0.717) is 18.5 Å². The van der Waals surface area contributed by atoms with Crippen molar-refractivity contribution in [1.29, 1.82) is 0 Å². The summed E-state index contributed by atoms with van der Waals surface area (Å²) in [6.07, 6.45) is -3.93. The molecule has 1 aromatic carbocycles. The van der Waals surface area contributed by atoms with Gasteiger partial charge in [0.25, 0.3) is 0 Å². The van der Waals surface area contributed by atoms with Crippen molar-refractivity contribution in [2.24, 2.45) is 5.73 Å². The molecule has 0 aromatic heterocycles. The molecule has 0 heterocycles. The Morgan fingerprint density at radius 1 is 1.20 bits per heavy atom. The first-order valence-corrected chi connectivity index (χ1v) is 6.35. The molecule has 0 aliphatic heterocycles. The lowest BCUT2D eigenvalue weighted by molar-refractivity contribution is -0.137. The number of hydrogen-bond acceptors (Lipinski definition) is 2. The molecule has 0 saturated heterocycles. The van der Waals surface area contributed by atoms with E-state index in [4.69, 9.17) is 10.5 Å². The van der Waals surface area contributed by atoms with Gasteiger partial charge in [-0.25, -0.2) is 4.39 Å². The summed E-state index contributed by atoms with van der Waals surface area (Å²) in [6, 6.07) is 4.72. The van der Waals surface area contributed by atoms with Gasteiger partial charge in [0.15, 0.2) is 0 Å². The third kappa shape index (κ3) is 5.09. The fourth-order valence-electron chi connectivity index (χ4n) is 2.11. The summed E-state index contributed by atoms with van der Waals surface area (Å²) in [5.74, 6) is 0. The van der Waals surface area contributed by atoms with E-state index in [1.165, 1.54) is 19.2 Å². The fraction of sp³-hybridized carbons (Fsp3) is 0.571. The predicted molar refractivity (Wildman–Crippen MR) is 69.2 cm³/mol. The standard InChI is InChI=1S/C14H19F4NO/c1-20-10-13(15,6-3-7-19)9-11-4-2-5-12(8-11)14(16,17)18/h2,4-5,8H,3,6-7,9-10,19H2,1H3. The van der Waals surface area contributed by atoms with Crippen LogP contribution < -0.4 is 5.73 Å². The molecule has 1 rings (SSSR count). The molecule has 2 nitrogen and oxygen atoms in total. The number of hydrogen-bond donors (Lipinski definition) is 1. The lowest BCUT2D eigenvalue weighted by Gasteiger charge is -2.25. The van der Waals surface area contributed by atoms with Crippen LogP contribution in [0.25, 0.3) is 0 Å². The van der Waals surface area contributed by atoms with Gasteiger partial charge in [-0.2, -0.15) is 13.2 Å². The second kappa shape index (κ2) is 7.04. The zero-order valence-corrected chi connectivity index (χ0v) is 11.3. The Kier molecular flexibility index (Phi) is 5.95. The van der Waals surface area contributed by atoms with Crippen molar-refractivity contribution in [2.45, 2.75) is 31.1 Å². The predicted octanol–water partition coefficient (Wildman–Crippen LogP) is 3.34. The zero-order chi connectivity index (χ0) is 15.2. The highest BCUT2D eigenvalue weighted by atomic mass is 19.4. The summed E-state index contributed by atoms with van der Waals surface area (Å²) in [7, 11) is 1.36. The van der Waals surface area contributed by atoms with Gasteiger partial charge in [0.2, 0.25) is 0 Å². The second-order valence-corrected chi connectivity index (χ2v) is 4.85. The zero-order valence-electron chi connectivity index (χ0n) is 11.3. The SMILES string of the molecule is COCC(F)(CCCN)Cc1cccc(C(F)(F)F)c1. The molecule has 1 aromatic rings. The van der Waals surface area contributed by atoms with Crippen LogP contribution in [-0.4, -0.2) is 25.9 Å². The van der Waals surface area contributed by atoms with E-state index in [1.807, 2.05) is 0 Å². The maximum Gasteiger partial charge on any atom is 0.416 e. The minimum Gasteiger partial charge on any atom is -0.381 e. The van der Waals surface area contributed by atoms with Crippen molar-refractivity contribution in [2.75, 3.05) is 20.3 Å². The molecule has 0 spiro atoms. The minimum absolute atomic E-state index is 0.120. The number of nitrogens with two attached hydrogens (primary N) is 1. The minimum atomic E-state index is -4.42. The van der Waals surface area contributed by atoms with Crippen molar-refractivity contribution >= 4 is 0 Å². The molecular weight excluding hydrogens is 274 g/mol. The molecule has 114 valence electrons. The van der Waals surface area contributed by atoms with Crippen molar-refractivity contribution in [3.05, 3.63) is 35.4 Å². The number of ether oxygens (including phenoxy) is 1. The largest absolute Gasteiger partial charge is 0.416 e. The molecule has 6 heteroatoms. The summed E-state index contributed by atoms with van der Waals surface area (Å²) in [6.45, 7) is 0.168.